The van der Waals surface area contributed by atoms with Gasteiger partial charge in [0.05, 0.1) is 16.7 Å². The van der Waals surface area contributed by atoms with E-state index in [0.29, 0.717) is 67.0 Å². The predicted molar refractivity (Wildman–Crippen MR) is 224 cm³/mol. The third-order valence-electron chi connectivity index (χ3n) is 10.7. The Labute approximate surface area is 359 Å². The van der Waals surface area contributed by atoms with E-state index in [4.69, 9.17) is 33.4 Å². The van der Waals surface area contributed by atoms with Gasteiger partial charge in [-0.3, -0.25) is 4.99 Å². The second kappa shape index (κ2) is 17.7. The smallest absolute Gasteiger partial charge is 0.416 e. The van der Waals surface area contributed by atoms with E-state index in [0.717, 1.165) is 29.8 Å². The van der Waals surface area contributed by atoms with Gasteiger partial charge in [-0.05, 0) is 99.9 Å². The summed E-state index contributed by atoms with van der Waals surface area (Å²) in [5, 5.41) is 21.0. The first-order valence-electron chi connectivity index (χ1n) is 19.4. The van der Waals surface area contributed by atoms with Crippen LogP contribution in [0.2, 0.25) is 10.0 Å². The van der Waals surface area contributed by atoms with Crippen molar-refractivity contribution in [3.8, 4) is 11.1 Å². The summed E-state index contributed by atoms with van der Waals surface area (Å²) >= 11 is 12.9. The molecule has 1 N–H and O–H groups in total. The quantitative estimate of drug-likeness (QED) is 0.0566. The number of nitrogens with zero attached hydrogens (tertiary/aromatic N) is 3. The normalized spacial score (nSPS) is 15.4. The SMILES string of the molecule is CCC[C@@H]([NH+]1C=C(c2ccc(C(F)(F)F)cc2-c2ccccc2)[N+](Cc2ccc(C(F)(F)F)cc2)=N1)C(N=C([O-])c1ccc(C)cc1)(c1ccc(Cl)cc1)c1ccc(Cl)cc1. The second-order valence-electron chi connectivity index (χ2n) is 14.8. The number of hydrogen-bond acceptors (Lipinski definition) is 3. The molecule has 312 valence electrons. The number of halogens is 8. The summed E-state index contributed by atoms with van der Waals surface area (Å²) in [6, 6.07) is 37.1. The van der Waals surface area contributed by atoms with Crippen LogP contribution in [0.1, 0.15) is 64.3 Å². The zero-order chi connectivity index (χ0) is 43.5. The molecule has 0 saturated heterocycles. The minimum Gasteiger partial charge on any atom is -0.858 e. The largest absolute Gasteiger partial charge is 0.858 e. The van der Waals surface area contributed by atoms with Crippen molar-refractivity contribution < 1.29 is 41.2 Å². The van der Waals surface area contributed by atoms with Gasteiger partial charge in [0.1, 0.15) is 0 Å². The molecule has 0 bridgehead atoms. The van der Waals surface area contributed by atoms with Crippen LogP contribution in [0.4, 0.5) is 26.3 Å². The number of rotatable bonds is 12. The van der Waals surface area contributed by atoms with E-state index in [1.165, 1.54) is 18.2 Å². The van der Waals surface area contributed by atoms with Crippen LogP contribution in [0.5, 0.6) is 0 Å². The highest BCUT2D eigenvalue weighted by Crippen LogP contribution is 2.42. The van der Waals surface area contributed by atoms with Gasteiger partial charge < -0.3 is 5.11 Å². The van der Waals surface area contributed by atoms with Gasteiger partial charge in [-0.1, -0.05) is 133 Å². The second-order valence-corrected chi connectivity index (χ2v) is 15.7. The molecule has 13 heteroatoms. The van der Waals surface area contributed by atoms with Crippen LogP contribution in [-0.4, -0.2) is 16.6 Å². The lowest BCUT2D eigenvalue weighted by atomic mass is 9.75. The molecule has 0 radical (unpaired) electrons. The predicted octanol–water partition coefficient (Wildman–Crippen LogP) is 11.7. The Balaban J connectivity index is 1.50. The average Bonchev–Trinajstić information content (AvgIpc) is 3.65. The molecule has 7 rings (SSSR count). The van der Waals surface area contributed by atoms with Gasteiger partial charge in [-0.2, -0.15) is 26.3 Å². The molecule has 0 amide bonds. The summed E-state index contributed by atoms with van der Waals surface area (Å²) in [6.07, 6.45) is -6.44. The van der Waals surface area contributed by atoms with Crippen molar-refractivity contribution in [2.75, 3.05) is 0 Å². The molecule has 6 aromatic carbocycles. The van der Waals surface area contributed by atoms with E-state index in [2.05, 4.69) is 0 Å². The molecule has 0 saturated carbocycles. The van der Waals surface area contributed by atoms with Crippen molar-refractivity contribution in [3.05, 3.63) is 206 Å². The highest BCUT2D eigenvalue weighted by atomic mass is 35.5. The van der Waals surface area contributed by atoms with E-state index >= 15 is 0 Å². The molecule has 0 fully saturated rings. The first-order valence-corrected chi connectivity index (χ1v) is 20.2. The minimum absolute atomic E-state index is 0.0457. The molecular weight excluding hydrogens is 833 g/mol. The number of hydrogen-bond donors (Lipinski definition) is 1. The van der Waals surface area contributed by atoms with Crippen LogP contribution in [0.15, 0.2) is 162 Å². The zero-order valence-electron chi connectivity index (χ0n) is 32.9. The minimum atomic E-state index is -4.65. The Bertz CT molecular complexity index is 2530. The molecule has 1 aliphatic rings. The van der Waals surface area contributed by atoms with Gasteiger partial charge in [0.2, 0.25) is 12.7 Å². The average molecular weight is 873 g/mol. The van der Waals surface area contributed by atoms with Crippen molar-refractivity contribution in [1.82, 2.24) is 0 Å². The standard InChI is InChI=1S/C48H38Cl2F6N4O/c1-3-7-44(46(35-18-23-39(49)24-19-35,36-20-25-40(50)26-21-36)57-45(61)34-14-10-31(2)11-15-34)60-30-43(59(58-60)29-32-12-16-37(17-13-32)47(51,52)53)41-27-22-38(48(54,55)56)28-42(41)33-8-5-4-6-9-33/h4-6,8-28,30,44H,3,7,29H2,1-2H3/p+1/t44-/m1/s1. The zero-order valence-corrected chi connectivity index (χ0v) is 34.4. The number of quaternary nitrogens is 1. The number of alkyl halides is 6. The third kappa shape index (κ3) is 9.44. The van der Waals surface area contributed by atoms with Crippen LogP contribution >= 0.6 is 23.2 Å². The lowest BCUT2D eigenvalue weighted by Gasteiger charge is -2.38. The van der Waals surface area contributed by atoms with Crippen LogP contribution in [0, 0.1) is 6.92 Å². The van der Waals surface area contributed by atoms with Crippen LogP contribution in [0.3, 0.4) is 0 Å². The van der Waals surface area contributed by atoms with Gasteiger partial charge in [0.25, 0.3) is 5.70 Å². The number of benzene rings is 6. The lowest BCUT2D eigenvalue weighted by Crippen LogP contribution is -3.09. The molecule has 0 spiro atoms. The molecular formula is C48H39Cl2F6N4O+. The highest BCUT2D eigenvalue weighted by Gasteiger charge is 2.52. The molecule has 6 aromatic rings. The Morgan fingerprint density at radius 2 is 1.23 bits per heavy atom. The summed E-state index contributed by atoms with van der Waals surface area (Å²) in [7, 11) is 0. The lowest BCUT2D eigenvalue weighted by molar-refractivity contribution is -0.926. The first kappa shape index (κ1) is 43.3. The monoisotopic (exact) mass is 871 g/mol. The fourth-order valence-electron chi connectivity index (χ4n) is 7.68. The molecule has 1 unspecified atom stereocenters. The Kier molecular flexibility index (Phi) is 12.6. The molecule has 1 aliphatic heterocycles. The maximum Gasteiger partial charge on any atom is 0.416 e. The van der Waals surface area contributed by atoms with Crippen LogP contribution in [-0.2, 0) is 24.4 Å². The third-order valence-corrected chi connectivity index (χ3v) is 11.2. The Morgan fingerprint density at radius 1 is 0.689 bits per heavy atom. The summed E-state index contributed by atoms with van der Waals surface area (Å²) in [5.74, 6) is -0.510. The maximum absolute atomic E-state index is 14.5. The van der Waals surface area contributed by atoms with Crippen molar-refractivity contribution in [2.24, 2.45) is 10.2 Å². The van der Waals surface area contributed by atoms with Gasteiger partial charge in [0, 0.05) is 22.0 Å². The topological polar surface area (TPSA) is 55.2 Å². The molecule has 5 nitrogen and oxygen atoms in total. The van der Waals surface area contributed by atoms with E-state index in [1.54, 1.807) is 102 Å². The Hall–Kier alpha value is -5.75. The van der Waals surface area contributed by atoms with Crippen molar-refractivity contribution >= 4 is 34.8 Å². The van der Waals surface area contributed by atoms with Crippen LogP contribution < -0.4 is 10.1 Å². The van der Waals surface area contributed by atoms with Crippen molar-refractivity contribution in [1.29, 1.82) is 0 Å². The van der Waals surface area contributed by atoms with E-state index < -0.39 is 41.0 Å². The van der Waals surface area contributed by atoms with Gasteiger partial charge in [0.15, 0.2) is 16.8 Å². The molecule has 1 heterocycles. The first-order chi connectivity index (χ1) is 29.1. The van der Waals surface area contributed by atoms with Gasteiger partial charge >= 0.3 is 12.4 Å². The van der Waals surface area contributed by atoms with Crippen molar-refractivity contribution in [2.45, 2.75) is 57.2 Å². The fraction of sp³-hybridized carbons (Fsp3) is 0.188. The van der Waals surface area contributed by atoms with Gasteiger partial charge in [-0.15, -0.1) is 5.01 Å². The maximum atomic E-state index is 14.5. The number of nitrogens with one attached hydrogen (secondary N) is 1. The molecule has 2 atom stereocenters. The summed E-state index contributed by atoms with van der Waals surface area (Å²) in [5.41, 5.74) is 1.38. The van der Waals surface area contributed by atoms with E-state index in [-0.39, 0.29) is 12.1 Å². The Morgan fingerprint density at radius 3 is 1.77 bits per heavy atom. The van der Waals surface area contributed by atoms with E-state index in [1.807, 2.05) is 26.0 Å². The van der Waals surface area contributed by atoms with Crippen molar-refractivity contribution in [3.63, 3.8) is 0 Å². The number of aliphatic imine (C=N–C) groups is 1. The van der Waals surface area contributed by atoms with Crippen LogP contribution in [0.25, 0.3) is 16.8 Å². The summed E-state index contributed by atoms with van der Waals surface area (Å²) in [6.45, 7) is 3.84. The molecule has 0 aliphatic carbocycles. The summed E-state index contributed by atoms with van der Waals surface area (Å²) in [4.78, 5) is 5.13. The molecule has 0 aromatic heterocycles. The van der Waals surface area contributed by atoms with E-state index in [9.17, 15) is 31.4 Å². The fourth-order valence-corrected chi connectivity index (χ4v) is 7.93. The highest BCUT2D eigenvalue weighted by molar-refractivity contribution is 6.30. The molecule has 61 heavy (non-hydrogen) atoms. The summed E-state index contributed by atoms with van der Waals surface area (Å²) < 4.78 is 85.3. The van der Waals surface area contributed by atoms with Gasteiger partial charge in [-0.25, -0.2) is 0 Å². The number of aryl methyl sites for hydroxylation is 1.